The quantitative estimate of drug-likeness (QED) is 0.475. The molecule has 3 fully saturated rings. The molecular weight excluding hydrogens is 130 g/mol. The molecule has 2 atom stereocenters. The van der Waals surface area contributed by atoms with Gasteiger partial charge >= 0.3 is 0 Å². The van der Waals surface area contributed by atoms with Crippen LogP contribution in [0.1, 0.15) is 12.8 Å². The largest absolute Gasteiger partial charge is 0.389 e. The van der Waals surface area contributed by atoms with E-state index in [0.717, 1.165) is 25.9 Å². The van der Waals surface area contributed by atoms with Gasteiger partial charge in [-0.05, 0) is 18.8 Å². The molecular formula is C7H13NO2. The first kappa shape index (κ1) is 6.58. The lowest BCUT2D eigenvalue weighted by molar-refractivity contribution is -0.163. The Morgan fingerprint density at radius 1 is 1.10 bits per heavy atom. The first-order chi connectivity index (χ1) is 4.79. The maximum Gasteiger partial charge on any atom is 0.133 e. The maximum atomic E-state index is 9.38. The van der Waals surface area contributed by atoms with E-state index in [9.17, 15) is 10.2 Å². The zero-order valence-electron chi connectivity index (χ0n) is 5.90. The van der Waals surface area contributed by atoms with Crippen molar-refractivity contribution >= 4 is 0 Å². The smallest absolute Gasteiger partial charge is 0.133 e. The van der Waals surface area contributed by atoms with Crippen LogP contribution in [0.15, 0.2) is 0 Å². The summed E-state index contributed by atoms with van der Waals surface area (Å²) in [5.41, 5.74) is 0. The van der Waals surface area contributed by atoms with Gasteiger partial charge in [-0.1, -0.05) is 0 Å². The molecule has 0 aromatic heterocycles. The van der Waals surface area contributed by atoms with Crippen LogP contribution in [0.2, 0.25) is 0 Å². The SMILES string of the molecule is OC1C2CCN(CC2)C1O. The van der Waals surface area contributed by atoms with E-state index in [1.807, 2.05) is 4.90 Å². The van der Waals surface area contributed by atoms with Gasteiger partial charge in [0.2, 0.25) is 0 Å². The molecule has 2 unspecified atom stereocenters. The van der Waals surface area contributed by atoms with Crippen molar-refractivity contribution in [2.75, 3.05) is 13.1 Å². The molecule has 3 aliphatic heterocycles. The minimum absolute atomic E-state index is 0.361. The van der Waals surface area contributed by atoms with Crippen LogP contribution in [0, 0.1) is 5.92 Å². The predicted octanol–water partition coefficient (Wildman–Crippen LogP) is -0.609. The van der Waals surface area contributed by atoms with Gasteiger partial charge in [-0.25, -0.2) is 0 Å². The van der Waals surface area contributed by atoms with Crippen molar-refractivity contribution in [2.24, 2.45) is 5.92 Å². The van der Waals surface area contributed by atoms with Crippen LogP contribution in [0.3, 0.4) is 0 Å². The fourth-order valence-electron chi connectivity index (χ4n) is 1.98. The monoisotopic (exact) mass is 143 g/mol. The molecule has 3 saturated heterocycles. The van der Waals surface area contributed by atoms with Crippen LogP contribution in [0.4, 0.5) is 0 Å². The van der Waals surface area contributed by atoms with Crippen LogP contribution in [-0.4, -0.2) is 40.5 Å². The van der Waals surface area contributed by atoms with Gasteiger partial charge in [0.15, 0.2) is 0 Å². The summed E-state index contributed by atoms with van der Waals surface area (Å²) >= 11 is 0. The molecule has 10 heavy (non-hydrogen) atoms. The third-order valence-corrected chi connectivity index (χ3v) is 2.74. The van der Waals surface area contributed by atoms with E-state index in [2.05, 4.69) is 0 Å². The maximum absolute atomic E-state index is 9.38. The highest BCUT2D eigenvalue weighted by molar-refractivity contribution is 4.89. The number of aliphatic hydroxyl groups is 2. The Morgan fingerprint density at radius 3 is 2.00 bits per heavy atom. The zero-order chi connectivity index (χ0) is 7.14. The van der Waals surface area contributed by atoms with Crippen molar-refractivity contribution in [3.05, 3.63) is 0 Å². The molecule has 0 radical (unpaired) electrons. The average Bonchev–Trinajstić information content (AvgIpc) is 2.00. The number of aliphatic hydroxyl groups excluding tert-OH is 2. The minimum Gasteiger partial charge on any atom is -0.389 e. The third kappa shape index (κ3) is 0.779. The average molecular weight is 143 g/mol. The Bertz CT molecular complexity index is 112. The van der Waals surface area contributed by atoms with Gasteiger partial charge in [0, 0.05) is 13.1 Å². The minimum atomic E-state index is -0.576. The summed E-state index contributed by atoms with van der Waals surface area (Å²) < 4.78 is 0. The van der Waals surface area contributed by atoms with Crippen molar-refractivity contribution in [1.82, 2.24) is 4.90 Å². The Hall–Kier alpha value is -0.120. The molecule has 3 aliphatic rings. The van der Waals surface area contributed by atoms with Crippen LogP contribution in [0.25, 0.3) is 0 Å². The topological polar surface area (TPSA) is 43.7 Å². The van der Waals surface area contributed by atoms with Gasteiger partial charge in [0.25, 0.3) is 0 Å². The summed E-state index contributed by atoms with van der Waals surface area (Å²) in [4.78, 5) is 1.95. The Kier molecular flexibility index (Phi) is 1.44. The standard InChI is InChI=1S/C7H13NO2/c9-6-5-1-3-8(4-2-5)7(6)10/h5-7,9-10H,1-4H2. The highest BCUT2D eigenvalue weighted by Gasteiger charge is 2.39. The molecule has 3 rings (SSSR count). The molecule has 0 aromatic carbocycles. The van der Waals surface area contributed by atoms with Gasteiger partial charge in [0.1, 0.15) is 6.23 Å². The zero-order valence-corrected chi connectivity index (χ0v) is 5.90. The molecule has 3 nitrogen and oxygen atoms in total. The Labute approximate surface area is 60.3 Å². The molecule has 0 aliphatic carbocycles. The van der Waals surface area contributed by atoms with Gasteiger partial charge in [0.05, 0.1) is 6.10 Å². The van der Waals surface area contributed by atoms with Crippen LogP contribution >= 0.6 is 0 Å². The lowest BCUT2D eigenvalue weighted by Crippen LogP contribution is -2.57. The number of hydrogen-bond donors (Lipinski definition) is 2. The number of piperidine rings is 3. The molecule has 0 saturated carbocycles. The molecule has 3 heteroatoms. The summed E-state index contributed by atoms with van der Waals surface area (Å²) in [6.07, 6.45) is 1.05. The van der Waals surface area contributed by atoms with Crippen LogP contribution < -0.4 is 0 Å². The lowest BCUT2D eigenvalue weighted by Gasteiger charge is -2.46. The molecule has 2 N–H and O–H groups in total. The number of hydrogen-bond acceptors (Lipinski definition) is 3. The van der Waals surface area contributed by atoms with E-state index < -0.39 is 12.3 Å². The van der Waals surface area contributed by atoms with E-state index in [1.165, 1.54) is 0 Å². The molecule has 3 heterocycles. The van der Waals surface area contributed by atoms with Gasteiger partial charge in [-0.2, -0.15) is 0 Å². The van der Waals surface area contributed by atoms with E-state index in [1.54, 1.807) is 0 Å². The number of fused-ring (bicyclic) bond motifs is 3. The van der Waals surface area contributed by atoms with Crippen molar-refractivity contribution in [3.8, 4) is 0 Å². The molecule has 58 valence electrons. The van der Waals surface area contributed by atoms with Gasteiger partial charge in [-0.3, -0.25) is 4.90 Å². The third-order valence-electron chi connectivity index (χ3n) is 2.74. The molecule has 2 bridgehead atoms. The lowest BCUT2D eigenvalue weighted by atomic mass is 9.85. The fourth-order valence-corrected chi connectivity index (χ4v) is 1.98. The highest BCUT2D eigenvalue weighted by atomic mass is 16.3. The molecule has 0 aromatic rings. The Balaban J connectivity index is 2.13. The van der Waals surface area contributed by atoms with Crippen LogP contribution in [-0.2, 0) is 0 Å². The van der Waals surface area contributed by atoms with E-state index >= 15 is 0 Å². The van der Waals surface area contributed by atoms with Gasteiger partial charge < -0.3 is 10.2 Å². The molecule has 0 amide bonds. The van der Waals surface area contributed by atoms with Crippen molar-refractivity contribution in [2.45, 2.75) is 25.2 Å². The van der Waals surface area contributed by atoms with Gasteiger partial charge in [-0.15, -0.1) is 0 Å². The first-order valence-corrected chi connectivity index (χ1v) is 3.89. The second-order valence-electron chi connectivity index (χ2n) is 3.28. The summed E-state index contributed by atoms with van der Waals surface area (Å²) in [7, 11) is 0. The highest BCUT2D eigenvalue weighted by Crippen LogP contribution is 2.30. The summed E-state index contributed by atoms with van der Waals surface area (Å²) in [5.74, 6) is 0.361. The van der Waals surface area contributed by atoms with E-state index in [4.69, 9.17) is 0 Å². The number of rotatable bonds is 0. The normalized spacial score (nSPS) is 53.4. The summed E-state index contributed by atoms with van der Waals surface area (Å²) in [5, 5.41) is 18.7. The predicted molar refractivity (Wildman–Crippen MR) is 36.3 cm³/mol. The second-order valence-corrected chi connectivity index (χ2v) is 3.28. The van der Waals surface area contributed by atoms with Crippen molar-refractivity contribution in [3.63, 3.8) is 0 Å². The fraction of sp³-hybridized carbons (Fsp3) is 1.00. The number of nitrogens with zero attached hydrogens (tertiary/aromatic N) is 1. The summed E-state index contributed by atoms with van der Waals surface area (Å²) in [6, 6.07) is 0. The first-order valence-electron chi connectivity index (χ1n) is 3.89. The van der Waals surface area contributed by atoms with Crippen LogP contribution in [0.5, 0.6) is 0 Å². The second kappa shape index (κ2) is 2.19. The van der Waals surface area contributed by atoms with E-state index in [0.29, 0.717) is 5.92 Å². The molecule has 0 spiro atoms. The Morgan fingerprint density at radius 2 is 1.70 bits per heavy atom. The van der Waals surface area contributed by atoms with E-state index in [-0.39, 0.29) is 0 Å². The summed E-state index contributed by atoms with van der Waals surface area (Å²) in [6.45, 7) is 1.92. The van der Waals surface area contributed by atoms with Crippen molar-refractivity contribution in [1.29, 1.82) is 0 Å². The van der Waals surface area contributed by atoms with Crippen molar-refractivity contribution < 1.29 is 10.2 Å².